The maximum Gasteiger partial charge on any atom is 0.416 e. The molecule has 140 valence electrons. The van der Waals surface area contributed by atoms with Gasteiger partial charge in [0, 0.05) is 6.42 Å². The number of halogens is 3. The molecule has 1 aromatic rings. The van der Waals surface area contributed by atoms with Gasteiger partial charge in [-0.1, -0.05) is 0 Å². The van der Waals surface area contributed by atoms with Crippen LogP contribution in [0.15, 0.2) is 24.3 Å². The number of ether oxygens (including phenoxy) is 2. The zero-order valence-corrected chi connectivity index (χ0v) is 14.3. The Kier molecular flexibility index (Phi) is 5.51. The van der Waals surface area contributed by atoms with E-state index in [1.807, 2.05) is 0 Å². The number of aliphatic hydroxyl groups is 1. The lowest BCUT2D eigenvalue weighted by Crippen LogP contribution is -2.41. The lowest BCUT2D eigenvalue weighted by atomic mass is 10.2. The molecule has 1 amide bonds. The van der Waals surface area contributed by atoms with E-state index >= 15 is 0 Å². The Morgan fingerprint density at radius 3 is 2.32 bits per heavy atom. The van der Waals surface area contributed by atoms with Crippen molar-refractivity contribution in [1.82, 2.24) is 4.90 Å². The summed E-state index contributed by atoms with van der Waals surface area (Å²) in [6.07, 6.45) is -5.01. The predicted molar refractivity (Wildman–Crippen MR) is 84.3 cm³/mol. The molecule has 1 aliphatic heterocycles. The highest BCUT2D eigenvalue weighted by Gasteiger charge is 2.38. The highest BCUT2D eigenvalue weighted by atomic mass is 19.4. The van der Waals surface area contributed by atoms with Crippen LogP contribution in [-0.2, 0) is 10.9 Å². The van der Waals surface area contributed by atoms with Crippen molar-refractivity contribution in [3.05, 3.63) is 29.8 Å². The highest BCUT2D eigenvalue weighted by molar-refractivity contribution is 5.69. The summed E-state index contributed by atoms with van der Waals surface area (Å²) in [5.74, 6) is 0.278. The zero-order valence-electron chi connectivity index (χ0n) is 14.3. The van der Waals surface area contributed by atoms with Gasteiger partial charge in [-0.05, 0) is 45.0 Å². The number of rotatable bonds is 3. The van der Waals surface area contributed by atoms with Crippen LogP contribution in [0.1, 0.15) is 32.8 Å². The Morgan fingerprint density at radius 1 is 1.24 bits per heavy atom. The van der Waals surface area contributed by atoms with Crippen molar-refractivity contribution in [2.45, 2.75) is 51.1 Å². The average Bonchev–Trinajstić information content (AvgIpc) is 2.88. The number of nitrogens with zero attached hydrogens (tertiary/aromatic N) is 1. The smallest absolute Gasteiger partial charge is 0.416 e. The van der Waals surface area contributed by atoms with Gasteiger partial charge in [0.25, 0.3) is 0 Å². The minimum atomic E-state index is -4.40. The van der Waals surface area contributed by atoms with Gasteiger partial charge in [0.15, 0.2) is 0 Å². The summed E-state index contributed by atoms with van der Waals surface area (Å²) in [6.45, 7) is 5.18. The monoisotopic (exact) mass is 361 g/mol. The SMILES string of the molecule is CC(C)(C)OC(=O)N1CC(Oc2ccc(C(F)(F)F)cc2)C[C@H]1CO. The molecule has 1 heterocycles. The maximum absolute atomic E-state index is 12.6. The molecule has 0 radical (unpaired) electrons. The fourth-order valence-electron chi connectivity index (χ4n) is 2.59. The van der Waals surface area contributed by atoms with Gasteiger partial charge < -0.3 is 14.6 Å². The fourth-order valence-corrected chi connectivity index (χ4v) is 2.59. The van der Waals surface area contributed by atoms with Crippen LogP contribution in [0.2, 0.25) is 0 Å². The molecule has 0 saturated carbocycles. The molecular weight excluding hydrogens is 339 g/mol. The molecule has 1 saturated heterocycles. The van der Waals surface area contributed by atoms with E-state index in [0.29, 0.717) is 6.42 Å². The first-order valence-corrected chi connectivity index (χ1v) is 7.94. The third kappa shape index (κ3) is 5.26. The summed E-state index contributed by atoms with van der Waals surface area (Å²) in [7, 11) is 0. The fraction of sp³-hybridized carbons (Fsp3) is 0.588. The molecule has 8 heteroatoms. The summed E-state index contributed by atoms with van der Waals surface area (Å²) in [4.78, 5) is 13.6. The zero-order chi connectivity index (χ0) is 18.8. The van der Waals surface area contributed by atoms with Crippen molar-refractivity contribution in [1.29, 1.82) is 0 Å². The minimum absolute atomic E-state index is 0.196. The van der Waals surface area contributed by atoms with Crippen LogP contribution in [0.3, 0.4) is 0 Å². The average molecular weight is 361 g/mol. The number of alkyl halides is 3. The van der Waals surface area contributed by atoms with Gasteiger partial charge in [-0.3, -0.25) is 4.90 Å². The maximum atomic E-state index is 12.6. The van der Waals surface area contributed by atoms with E-state index in [-0.39, 0.29) is 18.9 Å². The van der Waals surface area contributed by atoms with E-state index in [1.54, 1.807) is 20.8 Å². The van der Waals surface area contributed by atoms with E-state index in [9.17, 15) is 23.1 Å². The van der Waals surface area contributed by atoms with Crippen LogP contribution >= 0.6 is 0 Å². The lowest BCUT2D eigenvalue weighted by Gasteiger charge is -2.27. The van der Waals surface area contributed by atoms with Gasteiger partial charge in [-0.15, -0.1) is 0 Å². The number of aliphatic hydroxyl groups excluding tert-OH is 1. The van der Waals surface area contributed by atoms with E-state index in [1.165, 1.54) is 17.0 Å². The second kappa shape index (κ2) is 7.11. The summed E-state index contributed by atoms with van der Waals surface area (Å²) < 4.78 is 48.7. The molecule has 0 aliphatic carbocycles. The van der Waals surface area contributed by atoms with E-state index in [2.05, 4.69) is 0 Å². The molecule has 0 aromatic heterocycles. The number of carbonyl (C=O) groups is 1. The molecule has 25 heavy (non-hydrogen) atoms. The number of carbonyl (C=O) groups excluding carboxylic acids is 1. The number of benzene rings is 1. The lowest BCUT2D eigenvalue weighted by molar-refractivity contribution is -0.137. The predicted octanol–water partition coefficient (Wildman–Crippen LogP) is 3.45. The van der Waals surface area contributed by atoms with E-state index < -0.39 is 35.6 Å². The number of hydrogen-bond donors (Lipinski definition) is 1. The standard InChI is InChI=1S/C17H22F3NO4/c1-16(2,3)25-15(23)21-9-14(8-12(21)10-22)24-13-6-4-11(5-7-13)17(18,19)20/h4-7,12,14,22H,8-10H2,1-3H3/t12-,14?/m0/s1. The molecule has 0 spiro atoms. The second-order valence-corrected chi connectivity index (χ2v) is 6.97. The molecule has 1 aromatic carbocycles. The van der Waals surface area contributed by atoms with Crippen molar-refractivity contribution < 1.29 is 32.5 Å². The number of likely N-dealkylation sites (tertiary alicyclic amines) is 1. The van der Waals surface area contributed by atoms with Crippen LogP contribution in [0.4, 0.5) is 18.0 Å². The Balaban J connectivity index is 2.01. The topological polar surface area (TPSA) is 59.0 Å². The van der Waals surface area contributed by atoms with Gasteiger partial charge >= 0.3 is 12.3 Å². The van der Waals surface area contributed by atoms with Crippen LogP contribution in [0.25, 0.3) is 0 Å². The summed E-state index contributed by atoms with van der Waals surface area (Å²) in [6, 6.07) is 3.92. The van der Waals surface area contributed by atoms with E-state index in [4.69, 9.17) is 9.47 Å². The van der Waals surface area contributed by atoms with Crippen molar-refractivity contribution in [2.75, 3.05) is 13.2 Å². The van der Waals surface area contributed by atoms with E-state index in [0.717, 1.165) is 12.1 Å². The largest absolute Gasteiger partial charge is 0.489 e. The van der Waals surface area contributed by atoms with Gasteiger partial charge in [0.2, 0.25) is 0 Å². The van der Waals surface area contributed by atoms with Gasteiger partial charge in [0.05, 0.1) is 24.8 Å². The normalized spacial score (nSPS) is 21.3. The molecule has 0 bridgehead atoms. The molecule has 2 atom stereocenters. The first-order valence-electron chi connectivity index (χ1n) is 7.94. The third-order valence-electron chi connectivity index (χ3n) is 3.70. The molecule has 1 aliphatic rings. The molecule has 1 unspecified atom stereocenters. The van der Waals surface area contributed by atoms with Crippen molar-refractivity contribution in [3.63, 3.8) is 0 Å². The first kappa shape index (κ1) is 19.4. The number of amides is 1. The van der Waals surface area contributed by atoms with Crippen molar-refractivity contribution in [2.24, 2.45) is 0 Å². The third-order valence-corrected chi connectivity index (χ3v) is 3.70. The Morgan fingerprint density at radius 2 is 1.84 bits per heavy atom. The van der Waals surface area contributed by atoms with Gasteiger partial charge in [-0.25, -0.2) is 4.79 Å². The molecule has 1 N–H and O–H groups in total. The quantitative estimate of drug-likeness (QED) is 0.896. The molecule has 2 rings (SSSR count). The Bertz CT molecular complexity index is 595. The highest BCUT2D eigenvalue weighted by Crippen LogP contribution is 2.31. The summed E-state index contributed by atoms with van der Waals surface area (Å²) in [5.41, 5.74) is -1.42. The molecule has 1 fully saturated rings. The first-order chi connectivity index (χ1) is 11.5. The second-order valence-electron chi connectivity index (χ2n) is 6.97. The van der Waals surface area contributed by atoms with Gasteiger partial charge in [-0.2, -0.15) is 13.2 Å². The van der Waals surface area contributed by atoms with Crippen LogP contribution in [-0.4, -0.2) is 47.0 Å². The van der Waals surface area contributed by atoms with Crippen molar-refractivity contribution >= 4 is 6.09 Å². The van der Waals surface area contributed by atoms with Crippen LogP contribution in [0.5, 0.6) is 5.75 Å². The summed E-state index contributed by atoms with van der Waals surface area (Å²) >= 11 is 0. The Labute approximate surface area is 144 Å². The molecule has 5 nitrogen and oxygen atoms in total. The number of hydrogen-bond acceptors (Lipinski definition) is 4. The molecular formula is C17H22F3NO4. The van der Waals surface area contributed by atoms with Gasteiger partial charge in [0.1, 0.15) is 17.5 Å². The van der Waals surface area contributed by atoms with Crippen LogP contribution < -0.4 is 4.74 Å². The summed E-state index contributed by atoms with van der Waals surface area (Å²) in [5, 5.41) is 9.46. The van der Waals surface area contributed by atoms with Crippen LogP contribution in [0, 0.1) is 0 Å². The minimum Gasteiger partial charge on any atom is -0.489 e. The van der Waals surface area contributed by atoms with Crippen molar-refractivity contribution in [3.8, 4) is 5.75 Å². The Hall–Kier alpha value is -1.96.